The molecule has 1 aliphatic rings. The van der Waals surface area contributed by atoms with E-state index in [1.165, 1.54) is 11.0 Å². The van der Waals surface area contributed by atoms with Gasteiger partial charge in [-0.1, -0.05) is 6.07 Å². The summed E-state index contributed by atoms with van der Waals surface area (Å²) in [5.41, 5.74) is 1.26. The predicted octanol–water partition coefficient (Wildman–Crippen LogP) is 1.51. The van der Waals surface area contributed by atoms with Crippen molar-refractivity contribution in [1.82, 2.24) is 15.1 Å². The second-order valence-electron chi connectivity index (χ2n) is 5.31. The van der Waals surface area contributed by atoms with Gasteiger partial charge in [0.05, 0.1) is 18.7 Å². The number of carbonyl (C=O) groups is 2. The number of carbonyl (C=O) groups excluding carboxylic acids is 1. The molecule has 1 amide bonds. The van der Waals surface area contributed by atoms with Gasteiger partial charge in [0.25, 0.3) is 0 Å². The molecule has 0 fully saturated rings. The molecule has 0 unspecified atom stereocenters. The van der Waals surface area contributed by atoms with Gasteiger partial charge in [-0.3, -0.25) is 9.89 Å². The average molecular weight is 321 g/mol. The molecule has 2 heterocycles. The third-order valence-corrected chi connectivity index (χ3v) is 3.85. The number of nitrogens with zero attached hydrogens (tertiary/aromatic N) is 2. The van der Waals surface area contributed by atoms with Crippen molar-refractivity contribution in [3.05, 3.63) is 52.3 Å². The van der Waals surface area contributed by atoms with Gasteiger partial charge in [0, 0.05) is 18.2 Å². The number of nitrogens with one attached hydrogen (secondary N) is 1. The zero-order valence-corrected chi connectivity index (χ0v) is 12.0. The summed E-state index contributed by atoms with van der Waals surface area (Å²) in [7, 11) is 0. The summed E-state index contributed by atoms with van der Waals surface area (Å²) in [6.07, 6.45) is 0.187. The number of benzene rings is 1. The Balaban J connectivity index is 1.73. The van der Waals surface area contributed by atoms with Crippen LogP contribution in [0.3, 0.4) is 0 Å². The van der Waals surface area contributed by atoms with Crippen LogP contribution in [-0.4, -0.2) is 38.6 Å². The van der Waals surface area contributed by atoms with Gasteiger partial charge in [-0.2, -0.15) is 5.10 Å². The van der Waals surface area contributed by atoms with Crippen LogP contribution >= 0.6 is 0 Å². The Bertz CT molecular complexity index is 788. The molecule has 2 N–H and O–H groups in total. The van der Waals surface area contributed by atoms with E-state index < -0.39 is 17.6 Å². The fraction of sp³-hybridized carbons (Fsp3) is 0.267. The van der Waals surface area contributed by atoms with Gasteiger partial charge in [-0.05, 0) is 18.1 Å². The summed E-state index contributed by atoms with van der Waals surface area (Å²) in [6.45, 7) is 0.520. The van der Waals surface area contributed by atoms with E-state index in [1.807, 2.05) is 0 Å². The number of amides is 1. The second kappa shape index (κ2) is 5.79. The molecule has 2 aromatic rings. The number of H-pyrrole nitrogens is 1. The number of aromatic amines is 1. The highest BCUT2D eigenvalue weighted by Gasteiger charge is 2.27. The predicted molar refractivity (Wildman–Crippen MR) is 74.7 cm³/mol. The first-order valence-electron chi connectivity index (χ1n) is 6.97. The van der Waals surface area contributed by atoms with E-state index >= 15 is 0 Å². The minimum atomic E-state index is -1.12. The van der Waals surface area contributed by atoms with Crippen LogP contribution in [0.4, 0.5) is 8.78 Å². The molecule has 1 aromatic heterocycles. The van der Waals surface area contributed by atoms with Crippen molar-refractivity contribution in [2.75, 3.05) is 6.54 Å². The quantitative estimate of drug-likeness (QED) is 0.897. The molecular weight excluding hydrogens is 308 g/mol. The van der Waals surface area contributed by atoms with E-state index in [2.05, 4.69) is 10.2 Å². The van der Waals surface area contributed by atoms with Gasteiger partial charge >= 0.3 is 5.97 Å². The molecule has 0 bridgehead atoms. The molecule has 0 atom stereocenters. The maximum Gasteiger partial charge on any atom is 0.356 e. The first-order valence-corrected chi connectivity index (χ1v) is 6.97. The number of hydrogen-bond donors (Lipinski definition) is 2. The summed E-state index contributed by atoms with van der Waals surface area (Å²) in [5.74, 6) is -2.88. The normalized spacial score (nSPS) is 13.7. The molecule has 0 radical (unpaired) electrons. The largest absolute Gasteiger partial charge is 0.476 e. The Labute approximate surface area is 129 Å². The molecule has 0 saturated carbocycles. The molecule has 0 aliphatic carbocycles. The van der Waals surface area contributed by atoms with Crippen molar-refractivity contribution in [3.8, 4) is 0 Å². The number of fused-ring (bicyclic) bond motifs is 1. The van der Waals surface area contributed by atoms with Gasteiger partial charge < -0.3 is 10.0 Å². The number of carboxylic acids is 1. The van der Waals surface area contributed by atoms with Crippen LogP contribution in [-0.2, 0) is 24.2 Å². The van der Waals surface area contributed by atoms with Crippen LogP contribution in [0.2, 0.25) is 0 Å². The van der Waals surface area contributed by atoms with Crippen molar-refractivity contribution in [3.63, 3.8) is 0 Å². The number of halogens is 2. The van der Waals surface area contributed by atoms with Crippen LogP contribution in [0.15, 0.2) is 18.2 Å². The van der Waals surface area contributed by atoms with Crippen LogP contribution in [0.5, 0.6) is 0 Å². The number of hydrogen-bond acceptors (Lipinski definition) is 3. The molecule has 1 aliphatic heterocycles. The minimum absolute atomic E-state index is 0.0309. The summed E-state index contributed by atoms with van der Waals surface area (Å²) >= 11 is 0. The van der Waals surface area contributed by atoms with Crippen LogP contribution in [0, 0.1) is 11.6 Å². The third-order valence-electron chi connectivity index (χ3n) is 3.85. The molecule has 23 heavy (non-hydrogen) atoms. The van der Waals surface area contributed by atoms with Crippen molar-refractivity contribution in [2.24, 2.45) is 0 Å². The van der Waals surface area contributed by atoms with E-state index in [9.17, 15) is 18.4 Å². The number of rotatable bonds is 3. The molecule has 0 spiro atoms. The molecule has 6 nitrogen and oxygen atoms in total. The van der Waals surface area contributed by atoms with E-state index in [0.29, 0.717) is 24.2 Å². The van der Waals surface area contributed by atoms with E-state index in [1.54, 1.807) is 0 Å². The van der Waals surface area contributed by atoms with Crippen LogP contribution < -0.4 is 0 Å². The zero-order chi connectivity index (χ0) is 16.6. The van der Waals surface area contributed by atoms with Crippen molar-refractivity contribution >= 4 is 11.9 Å². The SMILES string of the molecule is O=C(O)c1n[nH]c2c1CCN(C(=O)Cc1ccc(F)cc1F)C2. The third kappa shape index (κ3) is 2.92. The van der Waals surface area contributed by atoms with Crippen LogP contribution in [0.25, 0.3) is 0 Å². The zero-order valence-electron chi connectivity index (χ0n) is 12.0. The maximum absolute atomic E-state index is 13.6. The number of aromatic nitrogens is 2. The molecule has 120 valence electrons. The fourth-order valence-corrected chi connectivity index (χ4v) is 2.65. The lowest BCUT2D eigenvalue weighted by Gasteiger charge is -2.26. The van der Waals surface area contributed by atoms with Gasteiger partial charge in [-0.15, -0.1) is 0 Å². The summed E-state index contributed by atoms with van der Waals surface area (Å²) < 4.78 is 26.5. The monoisotopic (exact) mass is 321 g/mol. The second-order valence-corrected chi connectivity index (χ2v) is 5.31. The highest BCUT2D eigenvalue weighted by molar-refractivity contribution is 5.87. The molecule has 0 saturated heterocycles. The Kier molecular flexibility index (Phi) is 3.81. The van der Waals surface area contributed by atoms with E-state index in [0.717, 1.165) is 12.1 Å². The van der Waals surface area contributed by atoms with Gasteiger partial charge in [0.2, 0.25) is 5.91 Å². The average Bonchev–Trinajstić information content (AvgIpc) is 2.93. The first kappa shape index (κ1) is 15.1. The summed E-state index contributed by atoms with van der Waals surface area (Å²) in [6, 6.07) is 3.09. The summed E-state index contributed by atoms with van der Waals surface area (Å²) in [5, 5.41) is 15.4. The minimum Gasteiger partial charge on any atom is -0.476 e. The Morgan fingerprint density at radius 1 is 1.35 bits per heavy atom. The molecule has 3 rings (SSSR count). The van der Waals surface area contributed by atoms with Crippen LogP contribution in [0.1, 0.15) is 27.3 Å². The van der Waals surface area contributed by atoms with Gasteiger partial charge in [0.1, 0.15) is 11.6 Å². The van der Waals surface area contributed by atoms with Crippen molar-refractivity contribution in [1.29, 1.82) is 0 Å². The van der Waals surface area contributed by atoms with Crippen molar-refractivity contribution < 1.29 is 23.5 Å². The molecule has 8 heteroatoms. The number of carboxylic acid groups (broad SMARTS) is 1. The smallest absolute Gasteiger partial charge is 0.356 e. The Hall–Kier alpha value is -2.77. The van der Waals surface area contributed by atoms with Crippen molar-refractivity contribution in [2.45, 2.75) is 19.4 Å². The molecular formula is C15H13F2N3O3. The lowest BCUT2D eigenvalue weighted by atomic mass is 10.0. The first-order chi connectivity index (χ1) is 11.0. The van der Waals surface area contributed by atoms with Gasteiger partial charge in [-0.25, -0.2) is 13.6 Å². The lowest BCUT2D eigenvalue weighted by Crippen LogP contribution is -2.37. The Morgan fingerprint density at radius 3 is 2.83 bits per heavy atom. The van der Waals surface area contributed by atoms with Gasteiger partial charge in [0.15, 0.2) is 5.69 Å². The maximum atomic E-state index is 13.6. The van der Waals surface area contributed by atoms with E-state index in [4.69, 9.17) is 5.11 Å². The lowest BCUT2D eigenvalue weighted by molar-refractivity contribution is -0.131. The topological polar surface area (TPSA) is 86.3 Å². The Morgan fingerprint density at radius 2 is 2.13 bits per heavy atom. The summed E-state index contributed by atoms with van der Waals surface area (Å²) in [4.78, 5) is 24.8. The highest BCUT2D eigenvalue weighted by atomic mass is 19.1. The van der Waals surface area contributed by atoms with E-state index in [-0.39, 0.29) is 30.1 Å². The highest BCUT2D eigenvalue weighted by Crippen LogP contribution is 2.21. The fourth-order valence-electron chi connectivity index (χ4n) is 2.65. The molecule has 1 aromatic carbocycles. The standard InChI is InChI=1S/C15H13F2N3O3/c16-9-2-1-8(11(17)6-9)5-13(21)20-4-3-10-12(7-20)18-19-14(10)15(22)23/h1-2,6H,3-5,7H2,(H,18,19)(H,22,23). The number of aromatic carboxylic acids is 1.